The van der Waals surface area contributed by atoms with Crippen LogP contribution in [0.1, 0.15) is 0 Å². The van der Waals surface area contributed by atoms with Crippen LogP contribution in [-0.4, -0.2) is 79.9 Å². The zero-order valence-corrected chi connectivity index (χ0v) is 16.5. The van der Waals surface area contributed by atoms with E-state index in [0.717, 1.165) is 24.2 Å². The Kier molecular flexibility index (Phi) is 6.66. The Balaban J connectivity index is 1.55. The van der Waals surface area contributed by atoms with Crippen LogP contribution in [0.5, 0.6) is 5.75 Å². The van der Waals surface area contributed by atoms with Crippen molar-refractivity contribution in [2.45, 2.75) is 0 Å². The lowest BCUT2D eigenvalue weighted by Gasteiger charge is -2.33. The number of carbonyl (C=O) groups excluding carboxylic acids is 2. The van der Waals surface area contributed by atoms with E-state index in [1.165, 1.54) is 4.90 Å². The number of hydrogen-bond acceptors (Lipinski definition) is 4. The Morgan fingerprint density at radius 3 is 2.32 bits per heavy atom. The Morgan fingerprint density at radius 2 is 1.61 bits per heavy atom. The second-order valence-corrected chi connectivity index (χ2v) is 7.08. The summed E-state index contributed by atoms with van der Waals surface area (Å²) >= 11 is 0. The van der Waals surface area contributed by atoms with Gasteiger partial charge in [-0.25, -0.2) is 0 Å². The Hall–Kier alpha value is -2.86. The molecule has 6 nitrogen and oxygen atoms in total. The van der Waals surface area contributed by atoms with Crippen molar-refractivity contribution in [1.29, 1.82) is 0 Å². The molecule has 2 aromatic carbocycles. The number of likely N-dealkylation sites (N-methyl/N-ethyl adjacent to an activating group) is 2. The number of carbonyl (C=O) groups is 2. The molecule has 1 aliphatic rings. The average molecular weight is 381 g/mol. The SMILES string of the molecule is CN1CCN(C(=O)CN(C)C(=O)COc2ccccc2-c2ccccc2)CC1. The molecule has 1 fully saturated rings. The standard InChI is InChI=1S/C22H27N3O3/c1-23-12-14-25(15-13-23)21(26)16-24(2)22(27)17-28-20-11-7-6-10-19(20)18-8-4-3-5-9-18/h3-11H,12-17H2,1-2H3. The highest BCUT2D eigenvalue weighted by Gasteiger charge is 2.22. The van der Waals surface area contributed by atoms with Crippen LogP contribution < -0.4 is 4.74 Å². The van der Waals surface area contributed by atoms with Crippen molar-refractivity contribution in [1.82, 2.24) is 14.7 Å². The number of ether oxygens (including phenoxy) is 1. The van der Waals surface area contributed by atoms with E-state index < -0.39 is 0 Å². The van der Waals surface area contributed by atoms with Gasteiger partial charge >= 0.3 is 0 Å². The van der Waals surface area contributed by atoms with Crippen LogP contribution in [0.15, 0.2) is 54.6 Å². The summed E-state index contributed by atoms with van der Waals surface area (Å²) in [6.45, 7) is 3.12. The minimum atomic E-state index is -0.217. The minimum absolute atomic E-state index is 0.0198. The molecule has 3 rings (SSSR count). The number of nitrogens with zero attached hydrogens (tertiary/aromatic N) is 3. The zero-order chi connectivity index (χ0) is 19.9. The molecular weight excluding hydrogens is 354 g/mol. The molecule has 28 heavy (non-hydrogen) atoms. The third-order valence-electron chi connectivity index (χ3n) is 4.98. The number of amides is 2. The van der Waals surface area contributed by atoms with Crippen LogP contribution in [0.4, 0.5) is 0 Å². The van der Waals surface area contributed by atoms with E-state index in [4.69, 9.17) is 4.74 Å². The normalized spacial score (nSPS) is 14.6. The van der Waals surface area contributed by atoms with Gasteiger partial charge in [0.1, 0.15) is 5.75 Å². The number of para-hydroxylation sites is 1. The number of piperazine rings is 1. The summed E-state index contributed by atoms with van der Waals surface area (Å²) in [4.78, 5) is 30.3. The molecule has 2 aromatic rings. The first kappa shape index (κ1) is 19.9. The molecule has 1 heterocycles. The van der Waals surface area contributed by atoms with Crippen molar-refractivity contribution in [3.8, 4) is 16.9 Å². The zero-order valence-electron chi connectivity index (χ0n) is 16.5. The number of benzene rings is 2. The summed E-state index contributed by atoms with van der Waals surface area (Å²) in [5.41, 5.74) is 1.97. The summed E-state index contributed by atoms with van der Waals surface area (Å²) in [7, 11) is 3.69. The highest BCUT2D eigenvalue weighted by molar-refractivity contribution is 5.85. The van der Waals surface area contributed by atoms with Gasteiger partial charge in [0.25, 0.3) is 5.91 Å². The van der Waals surface area contributed by atoms with Gasteiger partial charge in [-0.15, -0.1) is 0 Å². The van der Waals surface area contributed by atoms with Crippen molar-refractivity contribution in [2.24, 2.45) is 0 Å². The maximum atomic E-state index is 12.5. The quantitative estimate of drug-likeness (QED) is 0.768. The van der Waals surface area contributed by atoms with Crippen LogP contribution >= 0.6 is 0 Å². The highest BCUT2D eigenvalue weighted by Crippen LogP contribution is 2.29. The van der Waals surface area contributed by atoms with Crippen LogP contribution in [0, 0.1) is 0 Å². The molecule has 0 aromatic heterocycles. The minimum Gasteiger partial charge on any atom is -0.483 e. The van der Waals surface area contributed by atoms with E-state index in [9.17, 15) is 9.59 Å². The van der Waals surface area contributed by atoms with E-state index in [-0.39, 0.29) is 25.0 Å². The van der Waals surface area contributed by atoms with Gasteiger partial charge in [-0.3, -0.25) is 9.59 Å². The lowest BCUT2D eigenvalue weighted by Crippen LogP contribution is -2.50. The van der Waals surface area contributed by atoms with Gasteiger partial charge in [0.15, 0.2) is 6.61 Å². The lowest BCUT2D eigenvalue weighted by atomic mass is 10.1. The summed E-state index contributed by atoms with van der Waals surface area (Å²) < 4.78 is 5.79. The number of rotatable bonds is 6. The smallest absolute Gasteiger partial charge is 0.260 e. The molecule has 1 saturated heterocycles. The van der Waals surface area contributed by atoms with Gasteiger partial charge in [0.2, 0.25) is 5.91 Å². The molecule has 148 valence electrons. The summed E-state index contributed by atoms with van der Waals surface area (Å²) in [5, 5.41) is 0. The van der Waals surface area contributed by atoms with Crippen molar-refractivity contribution >= 4 is 11.8 Å². The van der Waals surface area contributed by atoms with Crippen molar-refractivity contribution in [2.75, 3.05) is 53.4 Å². The van der Waals surface area contributed by atoms with E-state index >= 15 is 0 Å². The molecule has 6 heteroatoms. The van der Waals surface area contributed by atoms with E-state index in [2.05, 4.69) is 4.90 Å². The van der Waals surface area contributed by atoms with Crippen molar-refractivity contribution < 1.29 is 14.3 Å². The molecule has 0 unspecified atom stereocenters. The molecule has 0 N–H and O–H groups in total. The molecule has 2 amide bonds. The fourth-order valence-electron chi connectivity index (χ4n) is 3.15. The Bertz CT molecular complexity index is 802. The topological polar surface area (TPSA) is 53.1 Å². The fraction of sp³-hybridized carbons (Fsp3) is 0.364. The first-order chi connectivity index (χ1) is 13.5. The monoisotopic (exact) mass is 381 g/mol. The molecule has 0 atom stereocenters. The largest absolute Gasteiger partial charge is 0.483 e. The van der Waals surface area contributed by atoms with Gasteiger partial charge in [0.05, 0.1) is 6.54 Å². The predicted molar refractivity (Wildman–Crippen MR) is 109 cm³/mol. The second kappa shape index (κ2) is 9.37. The van der Waals surface area contributed by atoms with Gasteiger partial charge in [0, 0.05) is 38.8 Å². The van der Waals surface area contributed by atoms with E-state index in [0.29, 0.717) is 18.8 Å². The third-order valence-corrected chi connectivity index (χ3v) is 4.98. The van der Waals surface area contributed by atoms with Crippen LogP contribution in [0.25, 0.3) is 11.1 Å². The van der Waals surface area contributed by atoms with Gasteiger partial charge in [-0.2, -0.15) is 0 Å². The second-order valence-electron chi connectivity index (χ2n) is 7.08. The van der Waals surface area contributed by atoms with Crippen molar-refractivity contribution in [3.63, 3.8) is 0 Å². The Labute approximate surface area is 166 Å². The Morgan fingerprint density at radius 1 is 0.964 bits per heavy atom. The average Bonchev–Trinajstić information content (AvgIpc) is 2.73. The van der Waals surface area contributed by atoms with E-state index in [1.54, 1.807) is 7.05 Å². The predicted octanol–water partition coefficient (Wildman–Crippen LogP) is 1.96. The molecule has 0 saturated carbocycles. The number of hydrogen-bond donors (Lipinski definition) is 0. The van der Waals surface area contributed by atoms with Gasteiger partial charge < -0.3 is 19.4 Å². The molecule has 0 bridgehead atoms. The molecule has 0 spiro atoms. The van der Waals surface area contributed by atoms with E-state index in [1.807, 2.05) is 66.5 Å². The molecule has 0 aliphatic carbocycles. The summed E-state index contributed by atoms with van der Waals surface area (Å²) in [6.07, 6.45) is 0. The maximum Gasteiger partial charge on any atom is 0.260 e. The van der Waals surface area contributed by atoms with Crippen LogP contribution in [0.3, 0.4) is 0 Å². The molecule has 0 radical (unpaired) electrons. The first-order valence-electron chi connectivity index (χ1n) is 9.52. The van der Waals surface area contributed by atoms with Gasteiger partial charge in [-0.1, -0.05) is 48.5 Å². The third kappa shape index (κ3) is 5.10. The van der Waals surface area contributed by atoms with Crippen LogP contribution in [-0.2, 0) is 9.59 Å². The summed E-state index contributed by atoms with van der Waals surface area (Å²) in [6, 6.07) is 17.5. The fourth-order valence-corrected chi connectivity index (χ4v) is 3.15. The first-order valence-corrected chi connectivity index (χ1v) is 9.52. The highest BCUT2D eigenvalue weighted by atomic mass is 16.5. The lowest BCUT2D eigenvalue weighted by molar-refractivity contribution is -0.141. The molecule has 1 aliphatic heterocycles. The molecular formula is C22H27N3O3. The maximum absolute atomic E-state index is 12.5. The van der Waals surface area contributed by atoms with Crippen molar-refractivity contribution in [3.05, 3.63) is 54.6 Å². The summed E-state index contributed by atoms with van der Waals surface area (Å²) in [5.74, 6) is 0.417. The van der Waals surface area contributed by atoms with Crippen LogP contribution in [0.2, 0.25) is 0 Å². The van der Waals surface area contributed by atoms with Gasteiger partial charge in [-0.05, 0) is 18.7 Å².